The molecule has 2 aromatic rings. The Balaban J connectivity index is 2.85. The SMILES string of the molecule is Cc1cc(S(=O)(=O)c2cc(O)c(C)c(C)c2C)c(C)c(C)c1O. The van der Waals surface area contributed by atoms with Crippen LogP contribution in [-0.4, -0.2) is 18.6 Å². The van der Waals surface area contributed by atoms with Crippen molar-refractivity contribution in [2.24, 2.45) is 0 Å². The van der Waals surface area contributed by atoms with Gasteiger partial charge in [-0.15, -0.1) is 0 Å². The summed E-state index contributed by atoms with van der Waals surface area (Å²) in [6.07, 6.45) is 0. The van der Waals surface area contributed by atoms with Crippen LogP contribution in [-0.2, 0) is 9.84 Å². The predicted molar refractivity (Wildman–Crippen MR) is 90.1 cm³/mol. The van der Waals surface area contributed by atoms with E-state index < -0.39 is 9.84 Å². The second-order valence-corrected chi connectivity index (χ2v) is 7.95. The molecule has 0 atom stereocenters. The van der Waals surface area contributed by atoms with Crippen LogP contribution in [0.5, 0.6) is 11.5 Å². The molecular formula is C18H22O4S. The van der Waals surface area contributed by atoms with Crippen LogP contribution in [0.15, 0.2) is 21.9 Å². The van der Waals surface area contributed by atoms with Crippen molar-refractivity contribution in [2.75, 3.05) is 0 Å². The second kappa shape index (κ2) is 5.57. The lowest BCUT2D eigenvalue weighted by molar-refractivity contribution is 0.465. The minimum atomic E-state index is -3.79. The van der Waals surface area contributed by atoms with Gasteiger partial charge in [0.2, 0.25) is 9.84 Å². The number of sulfone groups is 1. The maximum absolute atomic E-state index is 13.1. The van der Waals surface area contributed by atoms with E-state index in [0.717, 1.165) is 5.56 Å². The zero-order chi connectivity index (χ0) is 17.7. The van der Waals surface area contributed by atoms with E-state index >= 15 is 0 Å². The third-order valence-electron chi connectivity index (χ3n) is 4.73. The second-order valence-electron chi connectivity index (χ2n) is 6.06. The number of phenolic OH excluding ortho intramolecular Hbond substituents is 2. The third-order valence-corrected chi connectivity index (χ3v) is 6.74. The molecule has 124 valence electrons. The van der Waals surface area contributed by atoms with E-state index in [-0.39, 0.29) is 21.3 Å². The molecule has 0 spiro atoms. The fourth-order valence-electron chi connectivity index (χ4n) is 2.71. The van der Waals surface area contributed by atoms with Crippen molar-refractivity contribution in [3.63, 3.8) is 0 Å². The fourth-order valence-corrected chi connectivity index (χ4v) is 4.65. The Labute approximate surface area is 137 Å². The first kappa shape index (κ1) is 17.3. The van der Waals surface area contributed by atoms with Crippen molar-refractivity contribution >= 4 is 9.84 Å². The average molecular weight is 334 g/mol. The minimum absolute atomic E-state index is 0.0310. The quantitative estimate of drug-likeness (QED) is 0.876. The lowest BCUT2D eigenvalue weighted by Crippen LogP contribution is -2.09. The van der Waals surface area contributed by atoms with E-state index in [0.29, 0.717) is 27.8 Å². The molecule has 0 unspecified atom stereocenters. The highest BCUT2D eigenvalue weighted by Crippen LogP contribution is 2.36. The van der Waals surface area contributed by atoms with Gasteiger partial charge in [-0.25, -0.2) is 8.42 Å². The van der Waals surface area contributed by atoms with E-state index in [1.807, 2.05) is 0 Å². The van der Waals surface area contributed by atoms with Gasteiger partial charge in [0, 0.05) is 0 Å². The van der Waals surface area contributed by atoms with Crippen LogP contribution in [0, 0.1) is 41.5 Å². The summed E-state index contributed by atoms with van der Waals surface area (Å²) in [5.41, 5.74) is 3.64. The van der Waals surface area contributed by atoms with Gasteiger partial charge >= 0.3 is 0 Å². The first-order valence-electron chi connectivity index (χ1n) is 7.34. The summed E-state index contributed by atoms with van der Waals surface area (Å²) in [6.45, 7) is 10.3. The first-order chi connectivity index (χ1) is 10.5. The summed E-state index contributed by atoms with van der Waals surface area (Å²) in [6, 6.07) is 2.79. The Morgan fingerprint density at radius 1 is 0.696 bits per heavy atom. The highest BCUT2D eigenvalue weighted by Gasteiger charge is 2.26. The van der Waals surface area contributed by atoms with Crippen molar-refractivity contribution in [3.05, 3.63) is 45.5 Å². The molecule has 0 aliphatic heterocycles. The number of benzene rings is 2. The predicted octanol–water partition coefficient (Wildman–Crippen LogP) is 3.78. The molecule has 0 radical (unpaired) electrons. The molecule has 0 amide bonds. The smallest absolute Gasteiger partial charge is 0.207 e. The van der Waals surface area contributed by atoms with Gasteiger partial charge in [-0.05, 0) is 87.1 Å². The van der Waals surface area contributed by atoms with E-state index in [1.165, 1.54) is 12.1 Å². The fraction of sp³-hybridized carbons (Fsp3) is 0.333. The molecule has 4 nitrogen and oxygen atoms in total. The molecule has 0 saturated carbocycles. The lowest BCUT2D eigenvalue weighted by atomic mass is 10.0. The van der Waals surface area contributed by atoms with Crippen LogP contribution in [0.1, 0.15) is 33.4 Å². The van der Waals surface area contributed by atoms with Crippen LogP contribution in [0.25, 0.3) is 0 Å². The first-order valence-corrected chi connectivity index (χ1v) is 8.83. The standard InChI is InChI=1S/C18H22O4S/c1-9-7-16(13(5)14(6)18(9)20)23(21,22)17-8-15(19)11(3)10(2)12(17)4/h7-8,19-20H,1-6H3. The number of aryl methyl sites for hydroxylation is 1. The highest BCUT2D eigenvalue weighted by atomic mass is 32.2. The van der Waals surface area contributed by atoms with E-state index in [9.17, 15) is 18.6 Å². The van der Waals surface area contributed by atoms with E-state index in [1.54, 1.807) is 41.5 Å². The molecule has 0 aliphatic carbocycles. The number of rotatable bonds is 2. The monoisotopic (exact) mass is 334 g/mol. The molecule has 2 N–H and O–H groups in total. The van der Waals surface area contributed by atoms with Gasteiger partial charge in [0.15, 0.2) is 0 Å². The van der Waals surface area contributed by atoms with Gasteiger partial charge < -0.3 is 10.2 Å². The summed E-state index contributed by atoms with van der Waals surface area (Å²) in [4.78, 5) is 0.266. The van der Waals surface area contributed by atoms with Crippen molar-refractivity contribution < 1.29 is 18.6 Å². The van der Waals surface area contributed by atoms with Gasteiger partial charge in [0.05, 0.1) is 9.79 Å². The van der Waals surface area contributed by atoms with Crippen molar-refractivity contribution in [1.82, 2.24) is 0 Å². The molecule has 0 aromatic heterocycles. The van der Waals surface area contributed by atoms with Gasteiger partial charge in [0.1, 0.15) is 11.5 Å². The normalized spacial score (nSPS) is 11.7. The molecular weight excluding hydrogens is 312 g/mol. The summed E-state index contributed by atoms with van der Waals surface area (Å²) in [5, 5.41) is 20.0. The van der Waals surface area contributed by atoms with Crippen LogP contribution < -0.4 is 0 Å². The summed E-state index contributed by atoms with van der Waals surface area (Å²) >= 11 is 0. The molecule has 0 heterocycles. The largest absolute Gasteiger partial charge is 0.508 e. The molecule has 0 fully saturated rings. The van der Waals surface area contributed by atoms with Crippen LogP contribution >= 0.6 is 0 Å². The van der Waals surface area contributed by atoms with Crippen molar-refractivity contribution in [2.45, 2.75) is 51.3 Å². The van der Waals surface area contributed by atoms with Gasteiger partial charge in [-0.3, -0.25) is 0 Å². The maximum atomic E-state index is 13.1. The van der Waals surface area contributed by atoms with E-state index in [4.69, 9.17) is 0 Å². The Hall–Kier alpha value is -2.01. The zero-order valence-electron chi connectivity index (χ0n) is 14.3. The molecule has 23 heavy (non-hydrogen) atoms. The Kier molecular flexibility index (Phi) is 4.20. The lowest BCUT2D eigenvalue weighted by Gasteiger charge is -2.17. The van der Waals surface area contributed by atoms with Crippen LogP contribution in [0.2, 0.25) is 0 Å². The maximum Gasteiger partial charge on any atom is 0.207 e. The number of aromatic hydroxyl groups is 2. The molecule has 0 aliphatic rings. The van der Waals surface area contributed by atoms with Crippen LogP contribution in [0.3, 0.4) is 0 Å². The van der Waals surface area contributed by atoms with Gasteiger partial charge in [-0.1, -0.05) is 0 Å². The summed E-state index contributed by atoms with van der Waals surface area (Å²) in [5.74, 6) is 0.0812. The Bertz CT molecular complexity index is 840. The topological polar surface area (TPSA) is 74.6 Å². The van der Waals surface area contributed by atoms with Crippen LogP contribution in [0.4, 0.5) is 0 Å². The van der Waals surface area contributed by atoms with Crippen molar-refractivity contribution in [1.29, 1.82) is 0 Å². The third kappa shape index (κ3) is 2.59. The van der Waals surface area contributed by atoms with Gasteiger partial charge in [0.25, 0.3) is 0 Å². The Morgan fingerprint density at radius 2 is 1.17 bits per heavy atom. The number of hydrogen-bond donors (Lipinski definition) is 2. The molecule has 5 heteroatoms. The number of phenols is 2. The molecule has 0 saturated heterocycles. The van der Waals surface area contributed by atoms with Crippen molar-refractivity contribution in [3.8, 4) is 11.5 Å². The van der Waals surface area contributed by atoms with E-state index in [2.05, 4.69) is 0 Å². The summed E-state index contributed by atoms with van der Waals surface area (Å²) in [7, 11) is -3.79. The summed E-state index contributed by atoms with van der Waals surface area (Å²) < 4.78 is 26.2. The minimum Gasteiger partial charge on any atom is -0.508 e. The number of hydrogen-bond acceptors (Lipinski definition) is 4. The zero-order valence-corrected chi connectivity index (χ0v) is 15.1. The average Bonchev–Trinajstić information content (AvgIpc) is 2.49. The Morgan fingerprint density at radius 3 is 1.74 bits per heavy atom. The van der Waals surface area contributed by atoms with Gasteiger partial charge in [-0.2, -0.15) is 0 Å². The molecule has 2 aromatic carbocycles. The molecule has 2 rings (SSSR count). The highest BCUT2D eigenvalue weighted by molar-refractivity contribution is 7.91. The molecule has 0 bridgehead atoms.